The van der Waals surface area contributed by atoms with Crippen molar-refractivity contribution in [2.45, 2.75) is 25.7 Å². The van der Waals surface area contributed by atoms with Gasteiger partial charge in [0, 0.05) is 31.3 Å². The zero-order chi connectivity index (χ0) is 17.5. The number of fused-ring (bicyclic) bond motifs is 1. The van der Waals surface area contributed by atoms with Crippen molar-refractivity contribution in [1.29, 1.82) is 0 Å². The number of hydrogen-bond donors (Lipinski definition) is 0. The van der Waals surface area contributed by atoms with Gasteiger partial charge in [-0.1, -0.05) is 0 Å². The maximum absolute atomic E-state index is 14.0. The second kappa shape index (κ2) is 6.40. The second-order valence-corrected chi connectivity index (χ2v) is 8.42. The summed E-state index contributed by atoms with van der Waals surface area (Å²) in [5.74, 6) is -2.09. The Labute approximate surface area is 140 Å². The van der Waals surface area contributed by atoms with E-state index in [-0.39, 0.29) is 18.1 Å². The zero-order valence-electron chi connectivity index (χ0n) is 13.5. The van der Waals surface area contributed by atoms with Gasteiger partial charge in [-0.05, 0) is 31.7 Å². The first-order valence-corrected chi connectivity index (χ1v) is 9.86. The van der Waals surface area contributed by atoms with E-state index in [1.165, 1.54) is 15.3 Å². The van der Waals surface area contributed by atoms with Crippen LogP contribution in [-0.4, -0.2) is 44.5 Å². The number of sulfonamides is 1. The van der Waals surface area contributed by atoms with Gasteiger partial charge in [0.1, 0.15) is 11.6 Å². The molecule has 132 valence electrons. The molecule has 8 heteroatoms. The van der Waals surface area contributed by atoms with Gasteiger partial charge in [0.15, 0.2) is 0 Å². The number of carbonyl (C=O) groups is 1. The maximum atomic E-state index is 14.0. The van der Waals surface area contributed by atoms with Gasteiger partial charge in [-0.15, -0.1) is 0 Å². The molecule has 24 heavy (non-hydrogen) atoms. The van der Waals surface area contributed by atoms with Crippen LogP contribution in [0, 0.1) is 17.6 Å². The predicted molar refractivity (Wildman–Crippen MR) is 86.2 cm³/mol. The van der Waals surface area contributed by atoms with Crippen molar-refractivity contribution in [2.75, 3.05) is 30.8 Å². The van der Waals surface area contributed by atoms with Crippen molar-refractivity contribution in [1.82, 2.24) is 4.31 Å². The molecule has 1 atom stereocenters. The molecule has 1 amide bonds. The first kappa shape index (κ1) is 17.3. The zero-order valence-corrected chi connectivity index (χ0v) is 14.3. The van der Waals surface area contributed by atoms with E-state index in [0.717, 1.165) is 12.3 Å². The standard InChI is InChI=1S/C16H20F2N2O3S/c1-24(22,23)19-6-2-4-11(10-19)16(21)20-7-3-5-13-14(18)8-12(17)9-15(13)20/h8-9,11H,2-7,10H2,1H3/t11-/m1/s1. The van der Waals surface area contributed by atoms with Gasteiger partial charge >= 0.3 is 0 Å². The fraction of sp³-hybridized carbons (Fsp3) is 0.562. The minimum atomic E-state index is -3.35. The molecule has 1 fully saturated rings. The summed E-state index contributed by atoms with van der Waals surface area (Å²) in [6.45, 7) is 0.924. The van der Waals surface area contributed by atoms with Gasteiger partial charge in [-0.25, -0.2) is 21.5 Å². The number of halogens is 2. The quantitative estimate of drug-likeness (QED) is 0.812. The van der Waals surface area contributed by atoms with E-state index >= 15 is 0 Å². The lowest BCUT2D eigenvalue weighted by Gasteiger charge is -2.36. The Morgan fingerprint density at radius 1 is 1.21 bits per heavy atom. The number of nitrogens with zero attached hydrogens (tertiary/aromatic N) is 2. The van der Waals surface area contributed by atoms with Crippen molar-refractivity contribution >= 4 is 21.6 Å². The maximum Gasteiger partial charge on any atom is 0.231 e. The van der Waals surface area contributed by atoms with Gasteiger partial charge in [-0.3, -0.25) is 4.79 Å². The van der Waals surface area contributed by atoms with E-state index < -0.39 is 27.6 Å². The van der Waals surface area contributed by atoms with Crippen LogP contribution in [0.25, 0.3) is 0 Å². The first-order chi connectivity index (χ1) is 11.3. The minimum Gasteiger partial charge on any atom is -0.312 e. The van der Waals surface area contributed by atoms with E-state index in [1.807, 2.05) is 0 Å². The molecule has 0 aliphatic carbocycles. The molecule has 0 spiro atoms. The third-order valence-corrected chi connectivity index (χ3v) is 5.97. The smallest absolute Gasteiger partial charge is 0.231 e. The summed E-state index contributed by atoms with van der Waals surface area (Å²) in [5, 5.41) is 0. The molecule has 1 aromatic rings. The monoisotopic (exact) mass is 358 g/mol. The Hall–Kier alpha value is -1.54. The molecular formula is C16H20F2N2O3S. The number of anilines is 1. The summed E-state index contributed by atoms with van der Waals surface area (Å²) in [4.78, 5) is 14.3. The van der Waals surface area contributed by atoms with Gasteiger partial charge in [0.2, 0.25) is 15.9 Å². The molecule has 1 aromatic carbocycles. The van der Waals surface area contributed by atoms with Crippen LogP contribution in [0.2, 0.25) is 0 Å². The molecule has 2 heterocycles. The summed E-state index contributed by atoms with van der Waals surface area (Å²) in [6, 6.07) is 2.02. The van der Waals surface area contributed by atoms with Crippen LogP contribution < -0.4 is 4.90 Å². The average Bonchev–Trinajstić information content (AvgIpc) is 2.53. The van der Waals surface area contributed by atoms with E-state index in [2.05, 4.69) is 0 Å². The molecule has 0 N–H and O–H groups in total. The average molecular weight is 358 g/mol. The molecular weight excluding hydrogens is 338 g/mol. The van der Waals surface area contributed by atoms with Crippen LogP contribution >= 0.6 is 0 Å². The summed E-state index contributed by atoms with van der Waals surface area (Å²) < 4.78 is 52.3. The van der Waals surface area contributed by atoms with Crippen molar-refractivity contribution in [2.24, 2.45) is 5.92 Å². The SMILES string of the molecule is CS(=O)(=O)N1CCC[C@@H](C(=O)N2CCCc3c(F)cc(F)cc32)C1. The first-order valence-electron chi connectivity index (χ1n) is 8.02. The molecule has 0 saturated carbocycles. The Balaban J connectivity index is 1.87. The van der Waals surface area contributed by atoms with Crippen LogP contribution in [-0.2, 0) is 21.2 Å². The summed E-state index contributed by atoms with van der Waals surface area (Å²) in [5.41, 5.74) is 0.631. The van der Waals surface area contributed by atoms with Crippen LogP contribution in [0.5, 0.6) is 0 Å². The summed E-state index contributed by atoms with van der Waals surface area (Å²) in [6.07, 6.45) is 3.37. The molecule has 0 aromatic heterocycles. The normalized spacial score (nSPS) is 22.3. The van der Waals surface area contributed by atoms with Gasteiger partial charge < -0.3 is 4.90 Å². The fourth-order valence-corrected chi connectivity index (χ4v) is 4.42. The third-order valence-electron chi connectivity index (χ3n) is 4.70. The number of amides is 1. The molecule has 5 nitrogen and oxygen atoms in total. The van der Waals surface area contributed by atoms with Crippen LogP contribution in [0.15, 0.2) is 12.1 Å². The number of hydrogen-bond acceptors (Lipinski definition) is 3. The molecule has 0 unspecified atom stereocenters. The molecule has 3 rings (SSSR count). The lowest BCUT2D eigenvalue weighted by molar-refractivity contribution is -0.123. The number of piperidine rings is 1. The van der Waals surface area contributed by atoms with Crippen LogP contribution in [0.1, 0.15) is 24.8 Å². The fourth-order valence-electron chi connectivity index (χ4n) is 3.51. The highest BCUT2D eigenvalue weighted by Gasteiger charge is 2.35. The van der Waals surface area contributed by atoms with Crippen LogP contribution in [0.3, 0.4) is 0 Å². The van der Waals surface area contributed by atoms with E-state index in [4.69, 9.17) is 0 Å². The van der Waals surface area contributed by atoms with E-state index in [1.54, 1.807) is 0 Å². The highest BCUT2D eigenvalue weighted by atomic mass is 32.2. The van der Waals surface area contributed by atoms with Crippen molar-refractivity contribution in [3.05, 3.63) is 29.3 Å². The summed E-state index contributed by atoms with van der Waals surface area (Å²) >= 11 is 0. The topological polar surface area (TPSA) is 57.7 Å². The Bertz CT molecular complexity index is 767. The Kier molecular flexibility index (Phi) is 4.61. The lowest BCUT2D eigenvalue weighted by atomic mass is 9.94. The summed E-state index contributed by atoms with van der Waals surface area (Å²) in [7, 11) is -3.35. The highest BCUT2D eigenvalue weighted by Crippen LogP contribution is 2.32. The lowest BCUT2D eigenvalue weighted by Crippen LogP contribution is -2.47. The molecule has 2 aliphatic heterocycles. The van der Waals surface area contributed by atoms with Crippen molar-refractivity contribution < 1.29 is 22.0 Å². The van der Waals surface area contributed by atoms with Crippen LogP contribution in [0.4, 0.5) is 14.5 Å². The third kappa shape index (κ3) is 3.30. The molecule has 2 aliphatic rings. The van der Waals surface area contributed by atoms with E-state index in [0.29, 0.717) is 44.3 Å². The molecule has 0 bridgehead atoms. The Morgan fingerprint density at radius 3 is 2.67 bits per heavy atom. The molecule has 1 saturated heterocycles. The van der Waals surface area contributed by atoms with Crippen molar-refractivity contribution in [3.8, 4) is 0 Å². The number of carbonyl (C=O) groups excluding carboxylic acids is 1. The second-order valence-electron chi connectivity index (χ2n) is 6.44. The van der Waals surface area contributed by atoms with Crippen molar-refractivity contribution in [3.63, 3.8) is 0 Å². The van der Waals surface area contributed by atoms with Gasteiger partial charge in [0.05, 0.1) is 17.9 Å². The minimum absolute atomic E-state index is 0.126. The number of rotatable bonds is 2. The van der Waals surface area contributed by atoms with Gasteiger partial charge in [0.25, 0.3) is 0 Å². The highest BCUT2D eigenvalue weighted by molar-refractivity contribution is 7.88. The number of benzene rings is 1. The van der Waals surface area contributed by atoms with Gasteiger partial charge in [-0.2, -0.15) is 0 Å². The Morgan fingerprint density at radius 2 is 1.96 bits per heavy atom. The predicted octanol–water partition coefficient (Wildman–Crippen LogP) is 1.92. The largest absolute Gasteiger partial charge is 0.312 e. The van der Waals surface area contributed by atoms with E-state index in [9.17, 15) is 22.0 Å². The molecule has 0 radical (unpaired) electrons.